The van der Waals surface area contributed by atoms with Crippen LogP contribution in [0.5, 0.6) is 0 Å². The van der Waals surface area contributed by atoms with Crippen LogP contribution in [0.15, 0.2) is 0 Å². The second-order valence-electron chi connectivity index (χ2n) is 6.57. The lowest BCUT2D eigenvalue weighted by Gasteiger charge is -2.38. The van der Waals surface area contributed by atoms with Crippen molar-refractivity contribution in [2.75, 3.05) is 0 Å². The smallest absolute Gasteiger partial charge is 0.0202 e. The second kappa shape index (κ2) is 2.57. The molecule has 0 aromatic carbocycles. The Morgan fingerprint density at radius 1 is 1.00 bits per heavy atom. The van der Waals surface area contributed by atoms with Crippen molar-refractivity contribution in [2.24, 2.45) is 23.2 Å². The second-order valence-corrected chi connectivity index (χ2v) is 6.57. The van der Waals surface area contributed by atoms with Gasteiger partial charge in [-0.15, -0.1) is 0 Å². The molecule has 0 N–H and O–H groups in total. The number of rotatable bonds is 1. The van der Waals surface area contributed by atoms with Gasteiger partial charge in [0.25, 0.3) is 0 Å². The van der Waals surface area contributed by atoms with E-state index < -0.39 is 0 Å². The largest absolute Gasteiger partial charge is 0.0499 e. The van der Waals surface area contributed by atoms with Gasteiger partial charge in [0.1, 0.15) is 0 Å². The van der Waals surface area contributed by atoms with Crippen molar-refractivity contribution in [3.8, 4) is 0 Å². The van der Waals surface area contributed by atoms with Crippen molar-refractivity contribution >= 4 is 0 Å². The molecule has 2 atom stereocenters. The summed E-state index contributed by atoms with van der Waals surface area (Å²) in [6, 6.07) is 0. The molecule has 14 heavy (non-hydrogen) atoms. The summed E-state index contributed by atoms with van der Waals surface area (Å²) in [5.74, 6) is 5.39. The zero-order chi connectivity index (χ0) is 9.17. The van der Waals surface area contributed by atoms with Crippen LogP contribution in [0.3, 0.4) is 0 Å². The van der Waals surface area contributed by atoms with Crippen molar-refractivity contribution in [3.05, 3.63) is 5.92 Å². The van der Waals surface area contributed by atoms with Crippen LogP contribution in [-0.4, -0.2) is 0 Å². The Morgan fingerprint density at radius 2 is 1.86 bits per heavy atom. The molecule has 4 bridgehead atoms. The Bertz CT molecular complexity index is 247. The average Bonchev–Trinajstić information content (AvgIpc) is 2.98. The molecule has 4 rings (SSSR count). The number of fused-ring (bicyclic) bond motifs is 4. The van der Waals surface area contributed by atoms with Crippen molar-refractivity contribution in [3.63, 3.8) is 0 Å². The van der Waals surface area contributed by atoms with Crippen LogP contribution in [0.2, 0.25) is 0 Å². The minimum atomic E-state index is 0.856. The van der Waals surface area contributed by atoms with Gasteiger partial charge in [-0.1, -0.05) is 0 Å². The molecule has 2 unspecified atom stereocenters. The summed E-state index contributed by atoms with van der Waals surface area (Å²) < 4.78 is 0. The van der Waals surface area contributed by atoms with Crippen molar-refractivity contribution < 1.29 is 0 Å². The van der Waals surface area contributed by atoms with Crippen molar-refractivity contribution in [1.29, 1.82) is 0 Å². The Hall–Kier alpha value is 0. The van der Waals surface area contributed by atoms with Gasteiger partial charge in [-0.3, -0.25) is 0 Å². The van der Waals surface area contributed by atoms with Crippen LogP contribution in [-0.2, 0) is 0 Å². The van der Waals surface area contributed by atoms with Crippen LogP contribution in [0.4, 0.5) is 0 Å². The summed E-state index contributed by atoms with van der Waals surface area (Å²) in [5.41, 5.74) is 0.856. The van der Waals surface area contributed by atoms with Gasteiger partial charge in [-0.25, -0.2) is 0 Å². The van der Waals surface area contributed by atoms with Gasteiger partial charge >= 0.3 is 0 Å². The zero-order valence-electron chi connectivity index (χ0n) is 9.10. The Morgan fingerprint density at radius 3 is 2.36 bits per heavy atom. The van der Waals surface area contributed by atoms with Gasteiger partial charge in [-0.2, -0.15) is 0 Å². The monoisotopic (exact) mass is 189 g/mol. The highest BCUT2D eigenvalue weighted by Crippen LogP contribution is 2.66. The predicted octanol–water partition coefficient (Wildman–Crippen LogP) is 3.96. The summed E-state index contributed by atoms with van der Waals surface area (Å²) in [5, 5.41) is 0. The van der Waals surface area contributed by atoms with E-state index in [4.69, 9.17) is 0 Å². The molecule has 77 valence electrons. The Kier molecular flexibility index (Phi) is 1.50. The molecule has 0 amide bonds. The highest BCUT2D eigenvalue weighted by atomic mass is 14.6. The summed E-state index contributed by atoms with van der Waals surface area (Å²) >= 11 is 0. The molecule has 0 aromatic heterocycles. The molecule has 4 aliphatic carbocycles. The normalized spacial score (nSPS) is 56.1. The van der Waals surface area contributed by atoms with Crippen LogP contribution >= 0.6 is 0 Å². The molecule has 4 aliphatic rings. The van der Waals surface area contributed by atoms with E-state index in [9.17, 15) is 0 Å². The predicted molar refractivity (Wildman–Crippen MR) is 57.7 cm³/mol. The lowest BCUT2D eigenvalue weighted by Crippen LogP contribution is -2.29. The summed E-state index contributed by atoms with van der Waals surface area (Å²) in [6.07, 6.45) is 14.2. The van der Waals surface area contributed by atoms with E-state index in [1.54, 1.807) is 44.9 Å². The van der Waals surface area contributed by atoms with E-state index in [0.29, 0.717) is 0 Å². The first-order chi connectivity index (χ1) is 6.86. The third kappa shape index (κ3) is 0.907. The van der Waals surface area contributed by atoms with Gasteiger partial charge in [0, 0.05) is 0 Å². The molecule has 4 fully saturated rings. The molecule has 0 saturated heterocycles. The van der Waals surface area contributed by atoms with E-state index in [1.807, 2.05) is 5.92 Å². The summed E-state index contributed by atoms with van der Waals surface area (Å²) in [4.78, 5) is 0. The summed E-state index contributed by atoms with van der Waals surface area (Å²) in [6.45, 7) is 0. The molecular formula is C14H21. The minimum absolute atomic E-state index is 0.856. The molecule has 4 saturated carbocycles. The van der Waals surface area contributed by atoms with Gasteiger partial charge in [0.15, 0.2) is 0 Å². The highest BCUT2D eigenvalue weighted by Gasteiger charge is 2.55. The summed E-state index contributed by atoms with van der Waals surface area (Å²) in [7, 11) is 0. The molecule has 1 radical (unpaired) electrons. The van der Waals surface area contributed by atoms with E-state index in [1.165, 1.54) is 12.8 Å². The maximum Gasteiger partial charge on any atom is -0.0202 e. The van der Waals surface area contributed by atoms with Crippen LogP contribution < -0.4 is 0 Å². The van der Waals surface area contributed by atoms with E-state index in [2.05, 4.69) is 0 Å². The van der Waals surface area contributed by atoms with Crippen molar-refractivity contribution in [1.82, 2.24) is 0 Å². The fourth-order valence-electron chi connectivity index (χ4n) is 5.39. The average molecular weight is 189 g/mol. The third-order valence-electron chi connectivity index (χ3n) is 6.02. The lowest BCUT2D eigenvalue weighted by atomic mass is 9.66. The first-order valence-corrected chi connectivity index (χ1v) is 6.70. The van der Waals surface area contributed by atoms with Crippen LogP contribution in [0.1, 0.15) is 57.8 Å². The SMILES string of the molecule is C1CC2C[C]1C(C13CCC(CC1)C3)C2. The number of hydrogen-bond donors (Lipinski definition) is 0. The Balaban J connectivity index is 1.63. The molecule has 0 heterocycles. The standard InChI is InChI=1S/C14H21/c1-2-12-7-11(1)8-13(12)14-5-3-10(9-14)4-6-14/h10-11,13H,1-9H2. The maximum atomic E-state index is 2.01. The lowest BCUT2D eigenvalue weighted by molar-refractivity contribution is 0.163. The molecule has 0 spiro atoms. The molecule has 0 nitrogen and oxygen atoms in total. The zero-order valence-corrected chi connectivity index (χ0v) is 9.10. The molecule has 0 aromatic rings. The number of hydrogen-bond acceptors (Lipinski definition) is 0. The maximum absolute atomic E-state index is 2.01. The quantitative estimate of drug-likeness (QED) is 0.585. The molecule has 0 aliphatic heterocycles. The minimum Gasteiger partial charge on any atom is -0.0499 e. The fraction of sp³-hybridized carbons (Fsp3) is 0.929. The van der Waals surface area contributed by atoms with Gasteiger partial charge < -0.3 is 0 Å². The topological polar surface area (TPSA) is 0 Å². The molecule has 0 heteroatoms. The third-order valence-corrected chi connectivity index (χ3v) is 6.02. The van der Waals surface area contributed by atoms with E-state index >= 15 is 0 Å². The fourth-order valence-corrected chi connectivity index (χ4v) is 5.39. The van der Waals surface area contributed by atoms with Gasteiger partial charge in [0.2, 0.25) is 0 Å². The first kappa shape index (κ1) is 8.19. The first-order valence-electron chi connectivity index (χ1n) is 6.70. The van der Waals surface area contributed by atoms with E-state index in [0.717, 1.165) is 23.2 Å². The Labute approximate surface area is 87.5 Å². The van der Waals surface area contributed by atoms with E-state index in [-0.39, 0.29) is 0 Å². The molecular weight excluding hydrogens is 168 g/mol. The van der Waals surface area contributed by atoms with Gasteiger partial charge in [-0.05, 0) is 86.9 Å². The van der Waals surface area contributed by atoms with Crippen LogP contribution in [0.25, 0.3) is 0 Å². The van der Waals surface area contributed by atoms with Crippen molar-refractivity contribution in [2.45, 2.75) is 57.8 Å². The van der Waals surface area contributed by atoms with Gasteiger partial charge in [0.05, 0.1) is 0 Å². The highest BCUT2D eigenvalue weighted by molar-refractivity contribution is 5.17. The van der Waals surface area contributed by atoms with Crippen LogP contribution in [0, 0.1) is 29.1 Å².